The average Bonchev–Trinajstić information content (AvgIpc) is 3.24. The van der Waals surface area contributed by atoms with Crippen molar-refractivity contribution in [3.63, 3.8) is 0 Å². The molecule has 1 atom stereocenters. The van der Waals surface area contributed by atoms with Gasteiger partial charge in [-0.2, -0.15) is 0 Å². The summed E-state index contributed by atoms with van der Waals surface area (Å²) in [5, 5.41) is 11.9. The number of likely N-dealkylation sites (tertiary alicyclic amines) is 1. The van der Waals surface area contributed by atoms with Crippen LogP contribution in [0.1, 0.15) is 33.2 Å². The lowest BCUT2D eigenvalue weighted by molar-refractivity contribution is -0.127. The van der Waals surface area contributed by atoms with E-state index in [0.717, 1.165) is 43.1 Å². The monoisotopic (exact) mass is 348 g/mol. The Balaban J connectivity index is 1.49. The highest BCUT2D eigenvalue weighted by molar-refractivity contribution is 7.13. The highest BCUT2D eigenvalue weighted by Gasteiger charge is 2.26. The predicted octanol–water partition coefficient (Wildman–Crippen LogP) is 2.57. The van der Waals surface area contributed by atoms with E-state index in [2.05, 4.69) is 10.2 Å². The summed E-state index contributed by atoms with van der Waals surface area (Å²) in [6, 6.07) is 7.13. The number of nitrogens with zero attached hydrogens (tertiary/aromatic N) is 1. The molecule has 128 valence electrons. The lowest BCUT2D eigenvalue weighted by Gasteiger charge is -2.31. The molecule has 0 spiro atoms. The molecule has 2 aromatic rings. The van der Waals surface area contributed by atoms with Crippen LogP contribution in [0.5, 0.6) is 0 Å². The Labute approximate surface area is 144 Å². The van der Waals surface area contributed by atoms with Gasteiger partial charge in [0, 0.05) is 11.4 Å². The number of carboxylic acid groups (broad SMARTS) is 1. The van der Waals surface area contributed by atoms with Gasteiger partial charge in [-0.3, -0.25) is 9.69 Å². The summed E-state index contributed by atoms with van der Waals surface area (Å²) < 4.78 is 5.37. The smallest absolute Gasteiger partial charge is 0.345 e. The Morgan fingerprint density at radius 3 is 2.96 bits per heavy atom. The maximum absolute atomic E-state index is 12.4. The molecule has 7 heteroatoms. The van der Waals surface area contributed by atoms with E-state index in [1.54, 1.807) is 18.4 Å². The van der Waals surface area contributed by atoms with E-state index >= 15 is 0 Å². The van der Waals surface area contributed by atoms with Crippen LogP contribution >= 0.6 is 11.3 Å². The number of rotatable bonds is 6. The minimum absolute atomic E-state index is 0.0319. The van der Waals surface area contributed by atoms with Crippen LogP contribution in [0, 0.1) is 5.92 Å². The molecule has 0 radical (unpaired) electrons. The van der Waals surface area contributed by atoms with Gasteiger partial charge in [0.05, 0.1) is 25.3 Å². The molecule has 1 fully saturated rings. The topological polar surface area (TPSA) is 82.8 Å². The summed E-state index contributed by atoms with van der Waals surface area (Å²) in [6.07, 6.45) is 3.53. The summed E-state index contributed by atoms with van der Waals surface area (Å²) >= 11 is 1.20. The molecule has 3 heterocycles. The van der Waals surface area contributed by atoms with Gasteiger partial charge < -0.3 is 14.8 Å². The number of thiophene rings is 1. The van der Waals surface area contributed by atoms with Gasteiger partial charge in [-0.25, -0.2) is 4.79 Å². The van der Waals surface area contributed by atoms with E-state index in [-0.39, 0.29) is 11.8 Å². The van der Waals surface area contributed by atoms with Crippen LogP contribution in [-0.2, 0) is 17.9 Å². The number of furan rings is 1. The Morgan fingerprint density at radius 2 is 2.25 bits per heavy atom. The zero-order valence-corrected chi connectivity index (χ0v) is 14.1. The molecule has 1 unspecified atom stereocenters. The first kappa shape index (κ1) is 16.7. The number of piperidine rings is 1. The molecule has 24 heavy (non-hydrogen) atoms. The van der Waals surface area contributed by atoms with Crippen LogP contribution in [-0.4, -0.2) is 35.0 Å². The van der Waals surface area contributed by atoms with Gasteiger partial charge in [0.1, 0.15) is 10.6 Å². The fraction of sp³-hybridized carbons (Fsp3) is 0.412. The van der Waals surface area contributed by atoms with E-state index in [4.69, 9.17) is 9.52 Å². The third-order valence-electron chi connectivity index (χ3n) is 4.15. The number of carbonyl (C=O) groups is 2. The molecule has 6 nitrogen and oxygen atoms in total. The van der Waals surface area contributed by atoms with Crippen molar-refractivity contribution in [3.05, 3.63) is 46.0 Å². The second-order valence-corrected chi connectivity index (χ2v) is 7.11. The normalized spacial score (nSPS) is 18.4. The fourth-order valence-electron chi connectivity index (χ4n) is 2.94. The van der Waals surface area contributed by atoms with Gasteiger partial charge in [-0.05, 0) is 43.7 Å². The van der Waals surface area contributed by atoms with E-state index in [9.17, 15) is 9.59 Å². The highest BCUT2D eigenvalue weighted by atomic mass is 32.1. The van der Waals surface area contributed by atoms with Crippen LogP contribution in [0.3, 0.4) is 0 Å². The summed E-state index contributed by atoms with van der Waals surface area (Å²) in [5.74, 6) is -0.0219. The lowest BCUT2D eigenvalue weighted by Crippen LogP contribution is -2.42. The number of amides is 1. The molecular formula is C17H20N2O4S. The molecule has 2 aromatic heterocycles. The molecular weight excluding hydrogens is 328 g/mol. The van der Waals surface area contributed by atoms with Crippen LogP contribution in [0.4, 0.5) is 0 Å². The molecule has 1 amide bonds. The molecule has 2 N–H and O–H groups in total. The number of nitrogens with one attached hydrogen (secondary N) is 1. The molecule has 1 aliphatic rings. The first-order valence-corrected chi connectivity index (χ1v) is 8.78. The summed E-state index contributed by atoms with van der Waals surface area (Å²) in [7, 11) is 0. The molecule has 1 aliphatic heterocycles. The van der Waals surface area contributed by atoms with Crippen LogP contribution in [0.2, 0.25) is 0 Å². The van der Waals surface area contributed by atoms with Gasteiger partial charge in [-0.15, -0.1) is 11.3 Å². The largest absolute Gasteiger partial charge is 0.477 e. The average molecular weight is 348 g/mol. The predicted molar refractivity (Wildman–Crippen MR) is 89.8 cm³/mol. The third-order valence-corrected chi connectivity index (χ3v) is 5.22. The van der Waals surface area contributed by atoms with E-state index < -0.39 is 5.97 Å². The van der Waals surface area contributed by atoms with Gasteiger partial charge >= 0.3 is 5.97 Å². The maximum Gasteiger partial charge on any atom is 0.345 e. The van der Waals surface area contributed by atoms with Crippen LogP contribution < -0.4 is 5.32 Å². The van der Waals surface area contributed by atoms with E-state index in [0.29, 0.717) is 11.4 Å². The van der Waals surface area contributed by atoms with E-state index in [1.807, 2.05) is 12.1 Å². The molecule has 0 saturated carbocycles. The molecule has 1 saturated heterocycles. The number of aromatic carboxylic acids is 1. The second kappa shape index (κ2) is 7.63. The Kier molecular flexibility index (Phi) is 5.32. The minimum Gasteiger partial charge on any atom is -0.477 e. The summed E-state index contributed by atoms with van der Waals surface area (Å²) in [4.78, 5) is 26.6. The number of carbonyl (C=O) groups excluding carboxylic acids is 1. The van der Waals surface area contributed by atoms with Crippen molar-refractivity contribution >= 4 is 23.2 Å². The second-order valence-electron chi connectivity index (χ2n) is 5.94. The van der Waals surface area contributed by atoms with Crippen molar-refractivity contribution < 1.29 is 19.1 Å². The SMILES string of the molecule is O=C(O)c1ccc(CNC(=O)C2CCCN(Cc3ccco3)C2)s1. The first-order chi connectivity index (χ1) is 11.6. The highest BCUT2D eigenvalue weighted by Crippen LogP contribution is 2.20. The van der Waals surface area contributed by atoms with Crippen LogP contribution in [0.25, 0.3) is 0 Å². The maximum atomic E-state index is 12.4. The fourth-order valence-corrected chi connectivity index (χ4v) is 3.73. The van der Waals surface area contributed by atoms with Crippen molar-refractivity contribution in [2.75, 3.05) is 13.1 Å². The Bertz CT molecular complexity index is 695. The first-order valence-electron chi connectivity index (χ1n) is 7.96. The zero-order chi connectivity index (χ0) is 16.9. The number of hydrogen-bond acceptors (Lipinski definition) is 5. The Hall–Kier alpha value is -2.12. The van der Waals surface area contributed by atoms with Gasteiger partial charge in [0.2, 0.25) is 5.91 Å². The van der Waals surface area contributed by atoms with Crippen molar-refractivity contribution in [1.29, 1.82) is 0 Å². The Morgan fingerprint density at radius 1 is 1.38 bits per heavy atom. The third kappa shape index (κ3) is 4.24. The molecule has 3 rings (SSSR count). The lowest BCUT2D eigenvalue weighted by atomic mass is 9.97. The summed E-state index contributed by atoms with van der Waals surface area (Å²) in [6.45, 7) is 2.80. The van der Waals surface area contributed by atoms with Crippen molar-refractivity contribution in [2.45, 2.75) is 25.9 Å². The van der Waals surface area contributed by atoms with Gasteiger partial charge in [-0.1, -0.05) is 0 Å². The van der Waals surface area contributed by atoms with Crippen molar-refractivity contribution in [3.8, 4) is 0 Å². The van der Waals surface area contributed by atoms with Gasteiger partial charge in [0.25, 0.3) is 0 Å². The standard InChI is InChI=1S/C17H20N2O4S/c20-16(18-9-14-5-6-15(24-14)17(21)22)12-3-1-7-19(10-12)11-13-4-2-8-23-13/h2,4-6,8,12H,1,3,7,9-11H2,(H,18,20)(H,21,22). The molecule has 0 aliphatic carbocycles. The zero-order valence-electron chi connectivity index (χ0n) is 13.2. The van der Waals surface area contributed by atoms with Crippen molar-refractivity contribution in [2.24, 2.45) is 5.92 Å². The van der Waals surface area contributed by atoms with Crippen molar-refractivity contribution in [1.82, 2.24) is 10.2 Å². The molecule has 0 aromatic carbocycles. The van der Waals surface area contributed by atoms with Crippen LogP contribution in [0.15, 0.2) is 34.9 Å². The van der Waals surface area contributed by atoms with E-state index in [1.165, 1.54) is 11.3 Å². The number of carboxylic acids is 1. The summed E-state index contributed by atoms with van der Waals surface area (Å²) in [5.41, 5.74) is 0. The van der Waals surface area contributed by atoms with Gasteiger partial charge in [0.15, 0.2) is 0 Å². The number of hydrogen-bond donors (Lipinski definition) is 2. The molecule has 0 bridgehead atoms. The quantitative estimate of drug-likeness (QED) is 0.838. The minimum atomic E-state index is -0.932.